The van der Waals surface area contributed by atoms with Crippen LogP contribution in [0.4, 0.5) is 8.78 Å². The molecule has 19 heavy (non-hydrogen) atoms. The molecule has 1 saturated carbocycles. The Morgan fingerprint density at radius 2 is 1.63 bits per heavy atom. The normalized spacial score (nSPS) is 31.9. The molecule has 1 unspecified atom stereocenters. The maximum absolute atomic E-state index is 14.6. The highest BCUT2D eigenvalue weighted by atomic mass is 19.3. The second-order valence-corrected chi connectivity index (χ2v) is 5.75. The smallest absolute Gasteiger partial charge is 0.201 e. The molecule has 0 nitrogen and oxygen atoms in total. The lowest BCUT2D eigenvalue weighted by Gasteiger charge is -2.53. The molecule has 0 heterocycles. The van der Waals surface area contributed by atoms with Gasteiger partial charge in [-0.3, -0.25) is 0 Å². The Balaban J connectivity index is 2.53. The van der Waals surface area contributed by atoms with E-state index < -0.39 is 16.8 Å². The molecule has 0 aromatic heterocycles. The molecule has 0 bridgehead atoms. The van der Waals surface area contributed by atoms with E-state index in [0.29, 0.717) is 6.42 Å². The summed E-state index contributed by atoms with van der Waals surface area (Å²) in [4.78, 5) is 0. The highest BCUT2D eigenvalue weighted by molar-refractivity contribution is 5.33. The minimum atomic E-state index is -2.87. The van der Waals surface area contributed by atoms with Crippen LogP contribution in [-0.4, -0.2) is 5.92 Å². The van der Waals surface area contributed by atoms with E-state index in [9.17, 15) is 8.78 Å². The molecule has 2 rings (SSSR count). The van der Waals surface area contributed by atoms with Crippen molar-refractivity contribution in [3.63, 3.8) is 0 Å². The first-order valence-corrected chi connectivity index (χ1v) is 7.03. The van der Waals surface area contributed by atoms with E-state index in [2.05, 4.69) is 13.2 Å². The number of hydrogen-bond acceptors (Lipinski definition) is 0. The number of hydrogen-bond donors (Lipinski definition) is 0. The Bertz CT molecular complexity index is 411. The summed E-state index contributed by atoms with van der Waals surface area (Å²) >= 11 is 0. The van der Waals surface area contributed by atoms with Gasteiger partial charge in [-0.15, -0.1) is 13.2 Å². The minimum absolute atomic E-state index is 0.445. The largest absolute Gasteiger partial charge is 0.279 e. The summed E-state index contributed by atoms with van der Waals surface area (Å²) in [7, 11) is 0. The fourth-order valence-corrected chi connectivity index (χ4v) is 3.88. The summed E-state index contributed by atoms with van der Waals surface area (Å²) in [6.07, 6.45) is 14.5. The van der Waals surface area contributed by atoms with Gasteiger partial charge in [0.25, 0.3) is 5.92 Å². The van der Waals surface area contributed by atoms with Crippen molar-refractivity contribution >= 4 is 0 Å². The van der Waals surface area contributed by atoms with Gasteiger partial charge >= 0.3 is 0 Å². The van der Waals surface area contributed by atoms with E-state index in [4.69, 9.17) is 0 Å². The minimum Gasteiger partial charge on any atom is -0.201 e. The predicted molar refractivity (Wildman–Crippen MR) is 76.2 cm³/mol. The molecule has 2 aliphatic carbocycles. The standard InChI is InChI=1S/C17H22F2/c1-3-10-15(11-6-5-7-12-15)16(4-2)13-8-9-14-17(16,18)19/h3-4,8-9,13-14H,1-2,5-7,10-12H2. The van der Waals surface area contributed by atoms with Crippen LogP contribution >= 0.6 is 0 Å². The number of rotatable bonds is 4. The first kappa shape index (κ1) is 14.2. The number of halogens is 2. The zero-order chi connectivity index (χ0) is 14.0. The third-order valence-electron chi connectivity index (χ3n) is 4.87. The van der Waals surface area contributed by atoms with Crippen LogP contribution in [0.3, 0.4) is 0 Å². The van der Waals surface area contributed by atoms with Gasteiger partial charge in [-0.25, -0.2) is 8.78 Å². The van der Waals surface area contributed by atoms with Crippen molar-refractivity contribution in [1.82, 2.24) is 0 Å². The summed E-state index contributed by atoms with van der Waals surface area (Å²) in [5, 5.41) is 0. The summed E-state index contributed by atoms with van der Waals surface area (Å²) in [6, 6.07) is 0. The molecule has 0 aromatic rings. The molecule has 0 radical (unpaired) electrons. The first-order valence-electron chi connectivity index (χ1n) is 7.03. The second-order valence-electron chi connectivity index (χ2n) is 5.75. The Morgan fingerprint density at radius 1 is 1.00 bits per heavy atom. The van der Waals surface area contributed by atoms with Crippen molar-refractivity contribution in [2.75, 3.05) is 0 Å². The summed E-state index contributed by atoms with van der Waals surface area (Å²) in [5.74, 6) is -2.87. The zero-order valence-corrected chi connectivity index (χ0v) is 11.4. The van der Waals surface area contributed by atoms with Crippen LogP contribution in [0.15, 0.2) is 49.6 Å². The van der Waals surface area contributed by atoms with Crippen molar-refractivity contribution in [2.45, 2.75) is 44.4 Å². The van der Waals surface area contributed by atoms with Gasteiger partial charge in [-0.2, -0.15) is 0 Å². The fraction of sp³-hybridized carbons (Fsp3) is 0.529. The Labute approximate surface area is 114 Å². The second kappa shape index (κ2) is 5.07. The van der Waals surface area contributed by atoms with Gasteiger partial charge in [0.2, 0.25) is 0 Å². The quantitative estimate of drug-likeness (QED) is 0.592. The SMILES string of the molecule is C=CCC1(C2(C=C)C=CC=CC2(F)F)CCCCC1. The average molecular weight is 264 g/mol. The van der Waals surface area contributed by atoms with Gasteiger partial charge in [0.05, 0.1) is 5.41 Å². The molecule has 1 atom stereocenters. The van der Waals surface area contributed by atoms with Crippen LogP contribution in [0.25, 0.3) is 0 Å². The number of alkyl halides is 2. The summed E-state index contributed by atoms with van der Waals surface area (Å²) in [6.45, 7) is 7.54. The molecule has 0 spiro atoms. The van der Waals surface area contributed by atoms with E-state index in [-0.39, 0.29) is 0 Å². The van der Waals surface area contributed by atoms with E-state index in [1.165, 1.54) is 12.2 Å². The highest BCUT2D eigenvalue weighted by Gasteiger charge is 2.60. The first-order chi connectivity index (χ1) is 9.04. The van der Waals surface area contributed by atoms with Crippen LogP contribution in [0, 0.1) is 10.8 Å². The molecule has 0 saturated heterocycles. The Kier molecular flexibility index (Phi) is 3.80. The molecule has 2 aliphatic rings. The highest BCUT2D eigenvalue weighted by Crippen LogP contribution is 2.61. The lowest BCUT2D eigenvalue weighted by molar-refractivity contribution is -0.110. The number of allylic oxidation sites excluding steroid dienone is 6. The van der Waals surface area contributed by atoms with Crippen LogP contribution < -0.4 is 0 Å². The van der Waals surface area contributed by atoms with Gasteiger partial charge in [-0.05, 0) is 30.8 Å². The zero-order valence-electron chi connectivity index (χ0n) is 11.4. The van der Waals surface area contributed by atoms with Crippen LogP contribution in [0.2, 0.25) is 0 Å². The van der Waals surface area contributed by atoms with Crippen LogP contribution in [0.5, 0.6) is 0 Å². The Morgan fingerprint density at radius 3 is 2.16 bits per heavy atom. The molecular formula is C17H22F2. The maximum Gasteiger partial charge on any atom is 0.279 e. The lowest BCUT2D eigenvalue weighted by Crippen LogP contribution is -2.52. The summed E-state index contributed by atoms with van der Waals surface area (Å²) < 4.78 is 29.3. The predicted octanol–water partition coefficient (Wildman–Crippen LogP) is 5.45. The third-order valence-corrected chi connectivity index (χ3v) is 4.87. The van der Waals surface area contributed by atoms with Gasteiger partial charge in [0, 0.05) is 0 Å². The molecule has 0 aromatic carbocycles. The van der Waals surface area contributed by atoms with Gasteiger partial charge in [-0.1, -0.05) is 49.6 Å². The maximum atomic E-state index is 14.6. The molecule has 2 heteroatoms. The van der Waals surface area contributed by atoms with Crippen LogP contribution in [0.1, 0.15) is 38.5 Å². The van der Waals surface area contributed by atoms with Crippen molar-refractivity contribution in [3.05, 3.63) is 49.6 Å². The van der Waals surface area contributed by atoms with Crippen molar-refractivity contribution < 1.29 is 8.78 Å². The van der Waals surface area contributed by atoms with E-state index >= 15 is 0 Å². The van der Waals surface area contributed by atoms with Crippen LogP contribution in [-0.2, 0) is 0 Å². The van der Waals surface area contributed by atoms with Crippen molar-refractivity contribution in [2.24, 2.45) is 10.8 Å². The molecule has 1 fully saturated rings. The van der Waals surface area contributed by atoms with Gasteiger partial charge in [0.1, 0.15) is 0 Å². The van der Waals surface area contributed by atoms with Gasteiger partial charge in [0.15, 0.2) is 0 Å². The molecular weight excluding hydrogens is 242 g/mol. The summed E-state index contributed by atoms with van der Waals surface area (Å²) in [5.41, 5.74) is -1.72. The van der Waals surface area contributed by atoms with Crippen molar-refractivity contribution in [3.8, 4) is 0 Å². The Hall–Kier alpha value is -1.18. The molecule has 0 aliphatic heterocycles. The molecule has 0 amide bonds. The average Bonchev–Trinajstić information content (AvgIpc) is 2.40. The third kappa shape index (κ3) is 2.01. The van der Waals surface area contributed by atoms with E-state index in [1.807, 2.05) is 0 Å². The monoisotopic (exact) mass is 264 g/mol. The van der Waals surface area contributed by atoms with E-state index in [0.717, 1.165) is 38.2 Å². The van der Waals surface area contributed by atoms with E-state index in [1.54, 1.807) is 18.2 Å². The topological polar surface area (TPSA) is 0 Å². The lowest BCUT2D eigenvalue weighted by atomic mass is 9.52. The fourth-order valence-electron chi connectivity index (χ4n) is 3.88. The van der Waals surface area contributed by atoms with Gasteiger partial charge < -0.3 is 0 Å². The molecule has 104 valence electrons. The molecule has 0 N–H and O–H groups in total. The van der Waals surface area contributed by atoms with Crippen molar-refractivity contribution in [1.29, 1.82) is 0 Å².